The SMILES string of the molecule is Cc1cccc(C)c1-c1ccc2cccc(O)c2n1. The molecule has 0 unspecified atom stereocenters. The monoisotopic (exact) mass is 249 g/mol. The Labute approximate surface area is 112 Å². The maximum Gasteiger partial charge on any atom is 0.141 e. The minimum Gasteiger partial charge on any atom is -0.506 e. The van der Waals surface area contributed by atoms with Crippen molar-refractivity contribution in [1.82, 2.24) is 4.98 Å². The molecule has 1 N–H and O–H groups in total. The highest BCUT2D eigenvalue weighted by Gasteiger charge is 2.08. The molecule has 0 atom stereocenters. The van der Waals surface area contributed by atoms with Gasteiger partial charge in [-0.05, 0) is 37.1 Å². The lowest BCUT2D eigenvalue weighted by Gasteiger charge is -2.10. The van der Waals surface area contributed by atoms with Crippen LogP contribution in [0.15, 0.2) is 48.5 Å². The Morgan fingerprint density at radius 1 is 0.842 bits per heavy atom. The summed E-state index contributed by atoms with van der Waals surface area (Å²) in [5.74, 6) is 0.227. The van der Waals surface area contributed by atoms with E-state index in [4.69, 9.17) is 0 Å². The molecule has 0 aliphatic heterocycles. The van der Waals surface area contributed by atoms with Crippen molar-refractivity contribution in [1.29, 1.82) is 0 Å². The van der Waals surface area contributed by atoms with E-state index in [1.165, 1.54) is 11.1 Å². The van der Waals surface area contributed by atoms with Gasteiger partial charge in [0.1, 0.15) is 11.3 Å². The Morgan fingerprint density at radius 2 is 1.53 bits per heavy atom. The first-order chi connectivity index (χ1) is 9.16. The van der Waals surface area contributed by atoms with E-state index in [9.17, 15) is 5.11 Å². The van der Waals surface area contributed by atoms with E-state index in [1.807, 2.05) is 30.3 Å². The molecule has 2 aromatic carbocycles. The molecule has 94 valence electrons. The van der Waals surface area contributed by atoms with Gasteiger partial charge in [0.15, 0.2) is 0 Å². The van der Waals surface area contributed by atoms with E-state index in [-0.39, 0.29) is 5.75 Å². The van der Waals surface area contributed by atoms with Gasteiger partial charge in [-0.15, -0.1) is 0 Å². The molecular weight excluding hydrogens is 234 g/mol. The summed E-state index contributed by atoms with van der Waals surface area (Å²) in [7, 11) is 0. The number of fused-ring (bicyclic) bond motifs is 1. The van der Waals surface area contributed by atoms with Gasteiger partial charge in [-0.1, -0.05) is 36.4 Å². The summed E-state index contributed by atoms with van der Waals surface area (Å²) in [5, 5.41) is 10.9. The van der Waals surface area contributed by atoms with E-state index in [0.29, 0.717) is 5.52 Å². The van der Waals surface area contributed by atoms with Crippen LogP contribution in [0.25, 0.3) is 22.2 Å². The van der Waals surface area contributed by atoms with E-state index < -0.39 is 0 Å². The zero-order valence-electron chi connectivity index (χ0n) is 11.0. The van der Waals surface area contributed by atoms with Crippen molar-refractivity contribution >= 4 is 10.9 Å². The van der Waals surface area contributed by atoms with Crippen LogP contribution >= 0.6 is 0 Å². The highest BCUT2D eigenvalue weighted by molar-refractivity contribution is 5.87. The Balaban J connectivity index is 2.29. The first kappa shape index (κ1) is 11.7. The maximum atomic E-state index is 9.92. The van der Waals surface area contributed by atoms with Crippen LogP contribution < -0.4 is 0 Å². The fourth-order valence-corrected chi connectivity index (χ4v) is 2.49. The number of pyridine rings is 1. The first-order valence-corrected chi connectivity index (χ1v) is 6.32. The Hall–Kier alpha value is -2.35. The summed E-state index contributed by atoms with van der Waals surface area (Å²) >= 11 is 0. The molecule has 19 heavy (non-hydrogen) atoms. The van der Waals surface area contributed by atoms with Crippen molar-refractivity contribution < 1.29 is 5.11 Å². The van der Waals surface area contributed by atoms with Crippen molar-refractivity contribution in [2.45, 2.75) is 13.8 Å². The Kier molecular flexibility index (Phi) is 2.71. The van der Waals surface area contributed by atoms with E-state index in [1.54, 1.807) is 6.07 Å². The molecule has 0 spiro atoms. The lowest BCUT2D eigenvalue weighted by Crippen LogP contribution is -1.91. The average molecular weight is 249 g/mol. The zero-order chi connectivity index (χ0) is 13.4. The van der Waals surface area contributed by atoms with Crippen LogP contribution in [0, 0.1) is 13.8 Å². The quantitative estimate of drug-likeness (QED) is 0.700. The van der Waals surface area contributed by atoms with Gasteiger partial charge >= 0.3 is 0 Å². The van der Waals surface area contributed by atoms with Gasteiger partial charge in [0.2, 0.25) is 0 Å². The Bertz CT molecular complexity index is 742. The molecule has 0 radical (unpaired) electrons. The summed E-state index contributed by atoms with van der Waals surface area (Å²) in [6.45, 7) is 4.16. The average Bonchev–Trinajstić information content (AvgIpc) is 2.39. The minimum atomic E-state index is 0.227. The zero-order valence-corrected chi connectivity index (χ0v) is 11.0. The van der Waals surface area contributed by atoms with Crippen molar-refractivity contribution in [2.24, 2.45) is 0 Å². The number of aromatic hydroxyl groups is 1. The number of aromatic nitrogens is 1. The van der Waals surface area contributed by atoms with Crippen molar-refractivity contribution in [3.8, 4) is 17.0 Å². The van der Waals surface area contributed by atoms with Crippen LogP contribution in [0.5, 0.6) is 5.75 Å². The van der Waals surface area contributed by atoms with Crippen LogP contribution in [0.3, 0.4) is 0 Å². The molecule has 2 nitrogen and oxygen atoms in total. The standard InChI is InChI=1S/C17H15NO/c1-11-5-3-6-12(2)16(11)14-10-9-13-7-4-8-15(19)17(13)18-14/h3-10,19H,1-2H3. The largest absolute Gasteiger partial charge is 0.506 e. The highest BCUT2D eigenvalue weighted by atomic mass is 16.3. The molecule has 0 amide bonds. The van der Waals surface area contributed by atoms with Crippen LogP contribution in [-0.2, 0) is 0 Å². The van der Waals surface area contributed by atoms with Crippen molar-refractivity contribution in [3.63, 3.8) is 0 Å². The summed E-state index contributed by atoms with van der Waals surface area (Å²) in [5.41, 5.74) is 5.10. The molecular formula is C17H15NO. The second-order valence-corrected chi connectivity index (χ2v) is 4.81. The second-order valence-electron chi connectivity index (χ2n) is 4.81. The lowest BCUT2D eigenvalue weighted by atomic mass is 9.99. The third-order valence-corrected chi connectivity index (χ3v) is 3.44. The number of hydrogen-bond acceptors (Lipinski definition) is 2. The fourth-order valence-electron chi connectivity index (χ4n) is 2.49. The number of phenols is 1. The topological polar surface area (TPSA) is 33.1 Å². The summed E-state index contributed by atoms with van der Waals surface area (Å²) < 4.78 is 0. The van der Waals surface area contributed by atoms with Crippen molar-refractivity contribution in [2.75, 3.05) is 0 Å². The van der Waals surface area contributed by atoms with Gasteiger partial charge < -0.3 is 5.11 Å². The van der Waals surface area contributed by atoms with Gasteiger partial charge in [-0.25, -0.2) is 4.98 Å². The summed E-state index contributed by atoms with van der Waals surface area (Å²) in [6, 6.07) is 15.7. The van der Waals surface area contributed by atoms with Gasteiger partial charge in [0.25, 0.3) is 0 Å². The molecule has 0 aliphatic rings. The van der Waals surface area contributed by atoms with Gasteiger partial charge in [-0.3, -0.25) is 0 Å². The minimum absolute atomic E-state index is 0.227. The van der Waals surface area contributed by atoms with Gasteiger partial charge in [-0.2, -0.15) is 0 Å². The van der Waals surface area contributed by atoms with Crippen LogP contribution in [-0.4, -0.2) is 10.1 Å². The van der Waals surface area contributed by atoms with Gasteiger partial charge in [0, 0.05) is 10.9 Å². The molecule has 0 aliphatic carbocycles. The third-order valence-electron chi connectivity index (χ3n) is 3.44. The molecule has 1 heterocycles. The van der Waals surface area contributed by atoms with E-state index >= 15 is 0 Å². The van der Waals surface area contributed by atoms with Crippen LogP contribution in [0.1, 0.15) is 11.1 Å². The maximum absolute atomic E-state index is 9.92. The molecule has 3 rings (SSSR count). The highest BCUT2D eigenvalue weighted by Crippen LogP contribution is 2.29. The Morgan fingerprint density at radius 3 is 2.26 bits per heavy atom. The number of hydrogen-bond donors (Lipinski definition) is 1. The number of phenolic OH excluding ortho intramolecular Hbond substituents is 1. The first-order valence-electron chi connectivity index (χ1n) is 6.32. The van der Waals surface area contributed by atoms with Crippen LogP contribution in [0.4, 0.5) is 0 Å². The predicted octanol–water partition coefficient (Wildman–Crippen LogP) is 4.22. The summed E-state index contributed by atoms with van der Waals surface area (Å²) in [4.78, 5) is 4.62. The molecule has 0 saturated heterocycles. The molecule has 0 bridgehead atoms. The molecule has 0 saturated carbocycles. The normalized spacial score (nSPS) is 10.8. The number of benzene rings is 2. The fraction of sp³-hybridized carbons (Fsp3) is 0.118. The smallest absolute Gasteiger partial charge is 0.141 e. The molecule has 1 aromatic heterocycles. The summed E-state index contributed by atoms with van der Waals surface area (Å²) in [6.07, 6.45) is 0. The van der Waals surface area contributed by atoms with Gasteiger partial charge in [0.05, 0.1) is 5.69 Å². The second kappa shape index (κ2) is 4.39. The molecule has 2 heteroatoms. The van der Waals surface area contributed by atoms with Crippen molar-refractivity contribution in [3.05, 3.63) is 59.7 Å². The number of nitrogens with zero attached hydrogens (tertiary/aromatic N) is 1. The predicted molar refractivity (Wildman–Crippen MR) is 78.3 cm³/mol. The number of rotatable bonds is 1. The number of aryl methyl sites for hydroxylation is 2. The lowest BCUT2D eigenvalue weighted by molar-refractivity contribution is 0.480. The van der Waals surface area contributed by atoms with Crippen LogP contribution in [0.2, 0.25) is 0 Å². The molecule has 3 aromatic rings. The molecule has 0 fully saturated rings. The van der Waals surface area contributed by atoms with E-state index in [2.05, 4.69) is 31.0 Å². The third kappa shape index (κ3) is 1.95. The number of para-hydroxylation sites is 1. The van der Waals surface area contributed by atoms with E-state index in [0.717, 1.165) is 16.6 Å².